The molecule has 1 aliphatic carbocycles. The summed E-state index contributed by atoms with van der Waals surface area (Å²) in [5.74, 6) is -2.78. The average molecular weight is 466 g/mol. The van der Waals surface area contributed by atoms with E-state index in [4.69, 9.17) is 9.66 Å². The van der Waals surface area contributed by atoms with E-state index < -0.39 is 40.2 Å². The molecule has 0 radical (unpaired) electrons. The summed E-state index contributed by atoms with van der Waals surface area (Å²) in [6.07, 6.45) is 14.1. The molecule has 0 unspecified atom stereocenters. The summed E-state index contributed by atoms with van der Waals surface area (Å²) in [7, 11) is -4.31. The van der Waals surface area contributed by atoms with Crippen LogP contribution in [0.15, 0.2) is 58.7 Å². The molecule has 0 saturated heterocycles. The molecular formula is C24H35NO6S. The standard InChI is InChI=1S/C24H35NO6S/c1-17(11-12-20-19(3)10-7-14-24(20,4)5)8-6-9-18(2)16-22(26)25-21(23(27)28)13-15-32(29,30)31/h6,8-9,11-12,16,21H,7,10,13-15H2,1-5H3,(H,25,26)(H,27,28)(H,29,30,31)/b9-6+,12-11+,17-8+,18-16-/t21-/m0/s1. The molecule has 7 nitrogen and oxygen atoms in total. The van der Waals surface area contributed by atoms with Crippen LogP contribution in [0.2, 0.25) is 0 Å². The number of carboxylic acid groups (broad SMARTS) is 1. The first-order valence-electron chi connectivity index (χ1n) is 10.6. The third kappa shape index (κ3) is 10.2. The van der Waals surface area contributed by atoms with E-state index >= 15 is 0 Å². The largest absolute Gasteiger partial charge is 0.480 e. The molecule has 1 amide bonds. The molecule has 178 valence electrons. The minimum Gasteiger partial charge on any atom is -0.480 e. The zero-order valence-electron chi connectivity index (χ0n) is 19.5. The molecule has 0 aromatic heterocycles. The quantitative estimate of drug-likeness (QED) is 0.250. The number of aliphatic carboxylic acids is 1. The van der Waals surface area contributed by atoms with Crippen LogP contribution < -0.4 is 5.32 Å². The van der Waals surface area contributed by atoms with Gasteiger partial charge in [0.05, 0.1) is 5.75 Å². The molecule has 0 spiro atoms. The number of nitrogens with one attached hydrogen (secondary N) is 1. The van der Waals surface area contributed by atoms with Crippen LogP contribution in [0.1, 0.15) is 60.3 Å². The van der Waals surface area contributed by atoms with Gasteiger partial charge >= 0.3 is 5.97 Å². The van der Waals surface area contributed by atoms with Crippen molar-refractivity contribution < 1.29 is 27.7 Å². The van der Waals surface area contributed by atoms with E-state index in [1.807, 2.05) is 13.0 Å². The summed E-state index contributed by atoms with van der Waals surface area (Å²) in [6.45, 7) is 10.4. The van der Waals surface area contributed by atoms with Gasteiger partial charge in [-0.3, -0.25) is 9.35 Å². The van der Waals surface area contributed by atoms with Gasteiger partial charge in [0.15, 0.2) is 0 Å². The summed E-state index contributed by atoms with van der Waals surface area (Å²) in [5, 5.41) is 11.3. The first-order valence-corrected chi connectivity index (χ1v) is 12.2. The van der Waals surface area contributed by atoms with Gasteiger partial charge in [0.2, 0.25) is 5.91 Å². The second-order valence-electron chi connectivity index (χ2n) is 8.90. The Labute approximate surface area is 191 Å². The molecule has 0 fully saturated rings. The molecular weight excluding hydrogens is 430 g/mol. The van der Waals surface area contributed by atoms with Crippen LogP contribution in [-0.4, -0.2) is 41.7 Å². The van der Waals surface area contributed by atoms with Crippen molar-refractivity contribution >= 4 is 22.0 Å². The minimum absolute atomic E-state index is 0.177. The van der Waals surface area contributed by atoms with Crippen LogP contribution in [0.3, 0.4) is 0 Å². The molecule has 0 aromatic carbocycles. The van der Waals surface area contributed by atoms with E-state index in [2.05, 4.69) is 38.2 Å². The molecule has 0 bridgehead atoms. The third-order valence-electron chi connectivity index (χ3n) is 5.41. The van der Waals surface area contributed by atoms with Crippen molar-refractivity contribution in [1.29, 1.82) is 0 Å². The highest BCUT2D eigenvalue weighted by molar-refractivity contribution is 7.85. The summed E-state index contributed by atoms with van der Waals surface area (Å²) < 4.78 is 30.3. The Hall–Kier alpha value is -2.45. The van der Waals surface area contributed by atoms with E-state index in [9.17, 15) is 18.0 Å². The Morgan fingerprint density at radius 1 is 1.19 bits per heavy atom. The van der Waals surface area contributed by atoms with Crippen molar-refractivity contribution in [2.75, 3.05) is 5.75 Å². The lowest BCUT2D eigenvalue weighted by Crippen LogP contribution is -2.41. The molecule has 8 heteroatoms. The van der Waals surface area contributed by atoms with Crippen molar-refractivity contribution in [3.05, 3.63) is 58.7 Å². The van der Waals surface area contributed by atoms with E-state index in [1.54, 1.807) is 19.1 Å². The fraction of sp³-hybridized carbons (Fsp3) is 0.500. The SMILES string of the molecule is CC1=C(/C=C/C(C)=C/C=C/C(C)=C\C(=O)N[C@@H](CCS(=O)(=O)O)C(=O)O)C(C)(C)CCC1. The van der Waals surface area contributed by atoms with Crippen LogP contribution in [-0.2, 0) is 19.7 Å². The predicted molar refractivity (Wildman–Crippen MR) is 127 cm³/mol. The number of hydrogen-bond acceptors (Lipinski definition) is 4. The number of carbonyl (C=O) groups is 2. The highest BCUT2D eigenvalue weighted by atomic mass is 32.2. The van der Waals surface area contributed by atoms with Crippen LogP contribution in [0.25, 0.3) is 0 Å². The van der Waals surface area contributed by atoms with Gasteiger partial charge in [-0.05, 0) is 63.0 Å². The topological polar surface area (TPSA) is 121 Å². The zero-order valence-corrected chi connectivity index (χ0v) is 20.3. The van der Waals surface area contributed by atoms with Crippen LogP contribution in [0.4, 0.5) is 0 Å². The Morgan fingerprint density at radius 2 is 1.84 bits per heavy atom. The first-order chi connectivity index (χ1) is 14.7. The molecule has 3 N–H and O–H groups in total. The normalized spacial score (nSPS) is 18.9. The Balaban J connectivity index is 2.74. The van der Waals surface area contributed by atoms with Gasteiger partial charge in [0.1, 0.15) is 6.04 Å². The van der Waals surface area contributed by atoms with E-state index in [-0.39, 0.29) is 5.41 Å². The predicted octanol–water partition coefficient (Wildman–Crippen LogP) is 4.37. The second kappa shape index (κ2) is 12.0. The van der Waals surface area contributed by atoms with Crippen LogP contribution in [0, 0.1) is 5.41 Å². The van der Waals surface area contributed by atoms with Crippen molar-refractivity contribution in [2.24, 2.45) is 5.41 Å². The van der Waals surface area contributed by atoms with Gasteiger partial charge in [-0.1, -0.05) is 55.4 Å². The fourth-order valence-corrected chi connectivity index (χ4v) is 4.16. The highest BCUT2D eigenvalue weighted by Crippen LogP contribution is 2.40. The summed E-state index contributed by atoms with van der Waals surface area (Å²) in [4.78, 5) is 23.2. The fourth-order valence-electron chi connectivity index (χ4n) is 3.62. The van der Waals surface area contributed by atoms with Crippen LogP contribution in [0.5, 0.6) is 0 Å². The van der Waals surface area contributed by atoms with E-state index in [0.717, 1.165) is 12.0 Å². The summed E-state index contributed by atoms with van der Waals surface area (Å²) in [6, 6.07) is -1.41. The Kier molecular flexibility index (Phi) is 10.3. The van der Waals surface area contributed by atoms with Crippen molar-refractivity contribution in [3.8, 4) is 0 Å². The van der Waals surface area contributed by atoms with Crippen LogP contribution >= 0.6 is 0 Å². The van der Waals surface area contributed by atoms with Gasteiger partial charge in [-0.25, -0.2) is 4.79 Å². The number of rotatable bonds is 10. The van der Waals surface area contributed by atoms with E-state index in [1.165, 1.54) is 30.1 Å². The number of hydrogen-bond donors (Lipinski definition) is 3. The van der Waals surface area contributed by atoms with Crippen molar-refractivity contribution in [2.45, 2.75) is 66.3 Å². The lowest BCUT2D eigenvalue weighted by Gasteiger charge is -2.32. The van der Waals surface area contributed by atoms with Gasteiger partial charge in [0, 0.05) is 6.08 Å². The average Bonchev–Trinajstić information content (AvgIpc) is 2.63. The molecule has 1 atom stereocenters. The maximum atomic E-state index is 12.0. The minimum atomic E-state index is -4.31. The number of amides is 1. The van der Waals surface area contributed by atoms with Gasteiger partial charge in [-0.15, -0.1) is 0 Å². The number of carboxylic acids is 1. The first kappa shape index (κ1) is 27.6. The molecule has 1 rings (SSSR count). The van der Waals surface area contributed by atoms with Crippen molar-refractivity contribution in [1.82, 2.24) is 5.32 Å². The van der Waals surface area contributed by atoms with Gasteiger partial charge in [-0.2, -0.15) is 8.42 Å². The molecule has 0 heterocycles. The van der Waals surface area contributed by atoms with Gasteiger partial charge < -0.3 is 10.4 Å². The third-order valence-corrected chi connectivity index (χ3v) is 6.16. The number of carbonyl (C=O) groups excluding carboxylic acids is 1. The Morgan fingerprint density at radius 3 is 2.41 bits per heavy atom. The maximum absolute atomic E-state index is 12.0. The smallest absolute Gasteiger partial charge is 0.326 e. The van der Waals surface area contributed by atoms with E-state index in [0.29, 0.717) is 5.57 Å². The molecule has 0 saturated carbocycles. The monoisotopic (exact) mass is 465 g/mol. The molecule has 0 aliphatic heterocycles. The van der Waals surface area contributed by atoms with Crippen molar-refractivity contribution in [3.63, 3.8) is 0 Å². The summed E-state index contributed by atoms with van der Waals surface area (Å²) >= 11 is 0. The lowest BCUT2D eigenvalue weighted by atomic mass is 9.72. The number of allylic oxidation sites excluding steroid dienone is 9. The zero-order chi connectivity index (χ0) is 24.5. The maximum Gasteiger partial charge on any atom is 0.326 e. The highest BCUT2D eigenvalue weighted by Gasteiger charge is 2.26. The lowest BCUT2D eigenvalue weighted by molar-refractivity contribution is -0.141. The summed E-state index contributed by atoms with van der Waals surface area (Å²) in [5.41, 5.74) is 4.64. The molecule has 32 heavy (non-hydrogen) atoms. The second-order valence-corrected chi connectivity index (χ2v) is 10.5. The Bertz CT molecular complexity index is 964. The molecule has 0 aromatic rings. The molecule has 1 aliphatic rings. The van der Waals surface area contributed by atoms with Gasteiger partial charge in [0.25, 0.3) is 10.1 Å².